The second-order valence-electron chi connectivity index (χ2n) is 6.77. The van der Waals surface area contributed by atoms with Gasteiger partial charge < -0.3 is 9.64 Å². The number of carbonyl (C=O) groups is 1. The quantitative estimate of drug-likeness (QED) is 0.545. The van der Waals surface area contributed by atoms with E-state index in [0.717, 1.165) is 36.4 Å². The minimum absolute atomic E-state index is 0.0870. The summed E-state index contributed by atoms with van der Waals surface area (Å²) in [5, 5.41) is 9.47. The highest BCUT2D eigenvalue weighted by Gasteiger charge is 2.30. The lowest BCUT2D eigenvalue weighted by molar-refractivity contribution is -0.129. The lowest BCUT2D eigenvalue weighted by Crippen LogP contribution is -2.32. The first-order valence-corrected chi connectivity index (χ1v) is 10.7. The van der Waals surface area contributed by atoms with Gasteiger partial charge in [0, 0.05) is 11.6 Å². The van der Waals surface area contributed by atoms with E-state index in [4.69, 9.17) is 16.3 Å². The molecule has 1 aliphatic heterocycles. The average Bonchev–Trinajstić information content (AvgIpc) is 3.41. The minimum atomic E-state index is 0.0870. The van der Waals surface area contributed by atoms with E-state index >= 15 is 0 Å². The topological polar surface area (TPSA) is 60.2 Å². The van der Waals surface area contributed by atoms with Crippen LogP contribution in [-0.2, 0) is 4.79 Å². The van der Waals surface area contributed by atoms with Crippen molar-refractivity contribution in [2.45, 2.75) is 24.0 Å². The Bertz CT molecular complexity index is 1010. The Hall–Kier alpha value is -2.51. The molecule has 0 saturated carbocycles. The molecule has 0 aliphatic carbocycles. The molecule has 150 valence electrons. The molecule has 1 saturated heterocycles. The van der Waals surface area contributed by atoms with Crippen LogP contribution in [0.5, 0.6) is 5.75 Å². The highest BCUT2D eigenvalue weighted by atomic mass is 35.5. The molecule has 0 bridgehead atoms. The number of aromatic nitrogens is 3. The number of rotatable bonds is 6. The molecule has 1 fully saturated rings. The fourth-order valence-corrected chi connectivity index (χ4v) is 4.60. The van der Waals surface area contributed by atoms with Gasteiger partial charge in [-0.3, -0.25) is 9.36 Å². The van der Waals surface area contributed by atoms with Gasteiger partial charge in [-0.15, -0.1) is 10.2 Å². The number of halogens is 1. The molecule has 0 N–H and O–H groups in total. The molecule has 0 spiro atoms. The molecule has 29 heavy (non-hydrogen) atoms. The van der Waals surface area contributed by atoms with Crippen molar-refractivity contribution in [1.82, 2.24) is 19.7 Å². The van der Waals surface area contributed by atoms with Crippen LogP contribution < -0.4 is 4.74 Å². The van der Waals surface area contributed by atoms with Gasteiger partial charge in [0.15, 0.2) is 5.16 Å². The van der Waals surface area contributed by atoms with Gasteiger partial charge in [-0.2, -0.15) is 0 Å². The number of thioether (sulfide) groups is 1. The summed E-state index contributed by atoms with van der Waals surface area (Å²) in [6, 6.07) is 15.5. The van der Waals surface area contributed by atoms with Crippen LogP contribution >= 0.6 is 23.4 Å². The summed E-state index contributed by atoms with van der Waals surface area (Å²) >= 11 is 7.48. The molecule has 8 heteroatoms. The fraction of sp³-hybridized carbons (Fsp3) is 0.286. The Morgan fingerprint density at radius 3 is 2.97 bits per heavy atom. The van der Waals surface area contributed by atoms with E-state index in [2.05, 4.69) is 16.3 Å². The zero-order chi connectivity index (χ0) is 20.2. The van der Waals surface area contributed by atoms with Crippen LogP contribution in [0.25, 0.3) is 5.69 Å². The van der Waals surface area contributed by atoms with Gasteiger partial charge in [0.25, 0.3) is 0 Å². The van der Waals surface area contributed by atoms with Crippen LogP contribution in [0.15, 0.2) is 60.0 Å². The second-order valence-corrected chi connectivity index (χ2v) is 8.15. The summed E-state index contributed by atoms with van der Waals surface area (Å²) in [5.41, 5.74) is 1.98. The van der Waals surface area contributed by atoms with Crippen molar-refractivity contribution in [3.05, 3.63) is 65.4 Å². The number of benzene rings is 2. The van der Waals surface area contributed by atoms with Gasteiger partial charge in [-0.05, 0) is 48.7 Å². The number of likely N-dealkylation sites (tertiary alicyclic amines) is 1. The number of nitrogens with zero attached hydrogens (tertiary/aromatic N) is 4. The molecule has 0 radical (unpaired) electrons. The van der Waals surface area contributed by atoms with Crippen molar-refractivity contribution in [2.24, 2.45) is 0 Å². The first-order valence-electron chi connectivity index (χ1n) is 9.38. The molecule has 1 aliphatic rings. The third-order valence-electron chi connectivity index (χ3n) is 4.98. The summed E-state index contributed by atoms with van der Waals surface area (Å²) in [4.78, 5) is 14.9. The standard InChI is InChI=1S/C21H21ClN4O2S/c1-28-18-8-2-5-15(11-18)19-9-4-10-25(19)20(27)13-29-21-24-23-14-26(21)17-7-3-6-16(22)12-17/h2-3,5-8,11-12,14,19H,4,9-10,13H2,1H3/t19-/m1/s1. The van der Waals surface area contributed by atoms with E-state index in [1.54, 1.807) is 13.4 Å². The zero-order valence-electron chi connectivity index (χ0n) is 16.0. The third kappa shape index (κ3) is 4.41. The van der Waals surface area contributed by atoms with E-state index in [1.807, 2.05) is 51.9 Å². The Labute approximate surface area is 178 Å². The maximum absolute atomic E-state index is 13.0. The van der Waals surface area contributed by atoms with E-state index in [0.29, 0.717) is 15.9 Å². The number of carbonyl (C=O) groups excluding carboxylic acids is 1. The Kier molecular flexibility index (Phi) is 6.06. The summed E-state index contributed by atoms with van der Waals surface area (Å²) in [5.74, 6) is 1.21. The van der Waals surface area contributed by atoms with Gasteiger partial charge in [-0.1, -0.05) is 41.6 Å². The monoisotopic (exact) mass is 428 g/mol. The van der Waals surface area contributed by atoms with Crippen molar-refractivity contribution >= 4 is 29.3 Å². The van der Waals surface area contributed by atoms with Crippen molar-refractivity contribution in [2.75, 3.05) is 19.4 Å². The second kappa shape index (κ2) is 8.88. The van der Waals surface area contributed by atoms with Crippen molar-refractivity contribution in [3.63, 3.8) is 0 Å². The lowest BCUT2D eigenvalue weighted by atomic mass is 10.0. The predicted octanol–water partition coefficient (Wildman–Crippen LogP) is 4.39. The molecule has 1 amide bonds. The first kappa shape index (κ1) is 19.8. The van der Waals surface area contributed by atoms with Crippen LogP contribution in [0, 0.1) is 0 Å². The molecule has 2 heterocycles. The number of ether oxygens (including phenoxy) is 1. The Morgan fingerprint density at radius 2 is 2.14 bits per heavy atom. The van der Waals surface area contributed by atoms with Crippen LogP contribution in [0.1, 0.15) is 24.4 Å². The Morgan fingerprint density at radius 1 is 1.28 bits per heavy atom. The SMILES string of the molecule is COc1cccc([C@H]2CCCN2C(=O)CSc2nncn2-c2cccc(Cl)c2)c1. The number of methoxy groups -OCH3 is 1. The van der Waals surface area contributed by atoms with E-state index in [1.165, 1.54) is 11.8 Å². The third-order valence-corrected chi connectivity index (χ3v) is 6.14. The van der Waals surface area contributed by atoms with E-state index in [-0.39, 0.29) is 11.9 Å². The summed E-state index contributed by atoms with van der Waals surface area (Å²) < 4.78 is 7.18. The predicted molar refractivity (Wildman–Crippen MR) is 114 cm³/mol. The molecule has 4 rings (SSSR count). The summed E-state index contributed by atoms with van der Waals surface area (Å²) in [6.45, 7) is 0.766. The first-order chi connectivity index (χ1) is 14.2. The lowest BCUT2D eigenvalue weighted by Gasteiger charge is -2.25. The molecule has 0 unspecified atom stereocenters. The van der Waals surface area contributed by atoms with E-state index in [9.17, 15) is 4.79 Å². The normalized spacial score (nSPS) is 16.2. The average molecular weight is 429 g/mol. The Balaban J connectivity index is 1.45. The van der Waals surface area contributed by atoms with Crippen molar-refractivity contribution in [3.8, 4) is 11.4 Å². The van der Waals surface area contributed by atoms with Crippen LogP contribution in [0.2, 0.25) is 5.02 Å². The molecule has 6 nitrogen and oxygen atoms in total. The van der Waals surface area contributed by atoms with Crippen LogP contribution in [0.4, 0.5) is 0 Å². The van der Waals surface area contributed by atoms with Crippen LogP contribution in [0.3, 0.4) is 0 Å². The molecule has 1 aromatic heterocycles. The molecule has 3 aromatic rings. The minimum Gasteiger partial charge on any atom is -0.497 e. The maximum Gasteiger partial charge on any atom is 0.233 e. The van der Waals surface area contributed by atoms with Gasteiger partial charge in [0.05, 0.1) is 24.6 Å². The highest BCUT2D eigenvalue weighted by Crippen LogP contribution is 2.34. The van der Waals surface area contributed by atoms with Gasteiger partial charge in [0.1, 0.15) is 12.1 Å². The molecule has 1 atom stereocenters. The van der Waals surface area contributed by atoms with Crippen LogP contribution in [-0.4, -0.2) is 45.0 Å². The summed E-state index contributed by atoms with van der Waals surface area (Å²) in [7, 11) is 1.66. The fourth-order valence-electron chi connectivity index (χ4n) is 3.60. The summed E-state index contributed by atoms with van der Waals surface area (Å²) in [6.07, 6.45) is 3.59. The number of hydrogen-bond donors (Lipinski definition) is 0. The smallest absolute Gasteiger partial charge is 0.233 e. The largest absolute Gasteiger partial charge is 0.497 e. The number of hydrogen-bond acceptors (Lipinski definition) is 5. The molecular formula is C21H21ClN4O2S. The van der Waals surface area contributed by atoms with Crippen molar-refractivity contribution < 1.29 is 9.53 Å². The van der Waals surface area contributed by atoms with Gasteiger partial charge in [0.2, 0.25) is 5.91 Å². The van der Waals surface area contributed by atoms with E-state index < -0.39 is 0 Å². The van der Waals surface area contributed by atoms with Crippen molar-refractivity contribution in [1.29, 1.82) is 0 Å². The van der Waals surface area contributed by atoms with Gasteiger partial charge >= 0.3 is 0 Å². The molecule has 2 aromatic carbocycles. The highest BCUT2D eigenvalue weighted by molar-refractivity contribution is 7.99. The maximum atomic E-state index is 13.0. The number of amides is 1. The van der Waals surface area contributed by atoms with Gasteiger partial charge in [-0.25, -0.2) is 0 Å². The zero-order valence-corrected chi connectivity index (χ0v) is 17.6. The molecular weight excluding hydrogens is 408 g/mol.